The first-order valence-corrected chi connectivity index (χ1v) is 16.2. The second kappa shape index (κ2) is 12.4. The lowest BCUT2D eigenvalue weighted by Crippen LogP contribution is -2.49. The highest BCUT2D eigenvalue weighted by atomic mass is 35.5. The summed E-state index contributed by atoms with van der Waals surface area (Å²) in [6, 6.07) is 14.6. The highest BCUT2D eigenvalue weighted by Gasteiger charge is 2.39. The number of aromatic nitrogens is 2. The molecule has 2 aliphatic rings. The predicted octanol–water partition coefficient (Wildman–Crippen LogP) is 4.93. The van der Waals surface area contributed by atoms with Crippen molar-refractivity contribution in [2.45, 2.75) is 45.3 Å². The van der Waals surface area contributed by atoms with Crippen LogP contribution < -0.4 is 20.5 Å². The number of nitrogens with zero attached hydrogens (tertiary/aromatic N) is 4. The molecule has 0 amide bonds. The summed E-state index contributed by atoms with van der Waals surface area (Å²) in [6.45, 7) is 7.11. The average molecular weight is 600 g/mol. The van der Waals surface area contributed by atoms with E-state index in [4.69, 9.17) is 16.3 Å². The number of rotatable bonds is 12. The smallest absolute Gasteiger partial charge is 0.316 e. The van der Waals surface area contributed by atoms with Crippen LogP contribution in [0.1, 0.15) is 45.1 Å². The highest BCUT2D eigenvalue weighted by Crippen LogP contribution is 2.45. The van der Waals surface area contributed by atoms with E-state index in [2.05, 4.69) is 24.3 Å². The van der Waals surface area contributed by atoms with Crippen LogP contribution in [0.25, 0.3) is 5.69 Å². The average Bonchev–Trinajstić information content (AvgIpc) is 3.70. The summed E-state index contributed by atoms with van der Waals surface area (Å²) in [4.78, 5) is 15.6. The fourth-order valence-electron chi connectivity index (χ4n) is 4.82. The standard InChI is InChI=1S/C30H38ClN5O4S/c1-3-4-14-32-25-10-8-23(9-11-25)21-41(38,39)35-17-15-34(16-18-35)27-20-33-36(26-7-5-6-24(31)19-26)29(37)28(27)40-22-30(2)12-13-30/h5-11,19-20,32H,3-4,12-18,21-22H2,1-2H3. The Morgan fingerprint density at radius 1 is 1.07 bits per heavy atom. The molecule has 2 fully saturated rings. The van der Waals surface area contributed by atoms with Crippen LogP contribution in [0.2, 0.25) is 5.02 Å². The van der Waals surface area contributed by atoms with Crippen molar-refractivity contribution in [3.63, 3.8) is 0 Å². The first-order valence-electron chi connectivity index (χ1n) is 14.2. The molecule has 0 atom stereocenters. The van der Waals surface area contributed by atoms with Gasteiger partial charge in [0.1, 0.15) is 5.69 Å². The molecule has 1 N–H and O–H groups in total. The lowest BCUT2D eigenvalue weighted by molar-refractivity contribution is 0.242. The maximum atomic E-state index is 13.6. The van der Waals surface area contributed by atoms with Crippen molar-refractivity contribution in [3.05, 3.63) is 75.7 Å². The molecule has 2 heterocycles. The fraction of sp³-hybridized carbons (Fsp3) is 0.467. The second-order valence-corrected chi connectivity index (χ2v) is 13.7. The topological polar surface area (TPSA) is 96.8 Å². The molecule has 0 bridgehead atoms. The van der Waals surface area contributed by atoms with E-state index in [1.807, 2.05) is 29.2 Å². The summed E-state index contributed by atoms with van der Waals surface area (Å²) < 4.78 is 35.5. The number of nitrogens with one attached hydrogen (secondary N) is 1. The predicted molar refractivity (Wildman–Crippen MR) is 164 cm³/mol. The molecule has 9 nitrogen and oxygen atoms in total. The lowest BCUT2D eigenvalue weighted by atomic mass is 10.2. The number of benzene rings is 2. The van der Waals surface area contributed by atoms with Gasteiger partial charge in [-0.05, 0) is 55.2 Å². The van der Waals surface area contributed by atoms with Crippen LogP contribution in [0.3, 0.4) is 0 Å². The zero-order valence-corrected chi connectivity index (χ0v) is 25.3. The van der Waals surface area contributed by atoms with Gasteiger partial charge >= 0.3 is 5.56 Å². The van der Waals surface area contributed by atoms with E-state index in [0.717, 1.165) is 43.5 Å². The maximum Gasteiger partial charge on any atom is 0.316 e. The monoisotopic (exact) mass is 599 g/mol. The summed E-state index contributed by atoms with van der Waals surface area (Å²) in [7, 11) is -3.50. The first kappa shape index (κ1) is 29.4. The Morgan fingerprint density at radius 3 is 2.46 bits per heavy atom. The molecular formula is C30H38ClN5O4S. The Morgan fingerprint density at radius 2 is 1.80 bits per heavy atom. The van der Waals surface area contributed by atoms with Crippen LogP contribution in [-0.2, 0) is 15.8 Å². The number of hydrogen-bond donors (Lipinski definition) is 1. The maximum absolute atomic E-state index is 13.6. The summed E-state index contributed by atoms with van der Waals surface area (Å²) >= 11 is 6.16. The third kappa shape index (κ3) is 7.23. The van der Waals surface area contributed by atoms with Crippen molar-refractivity contribution < 1.29 is 13.2 Å². The van der Waals surface area contributed by atoms with E-state index in [1.54, 1.807) is 30.5 Å². The van der Waals surface area contributed by atoms with Crippen LogP contribution in [0.4, 0.5) is 11.4 Å². The number of halogens is 1. The number of sulfonamides is 1. The van der Waals surface area contributed by atoms with Gasteiger partial charge in [0.15, 0.2) is 0 Å². The molecular weight excluding hydrogens is 562 g/mol. The largest absolute Gasteiger partial charge is 0.486 e. The molecule has 2 aromatic carbocycles. The van der Waals surface area contributed by atoms with Gasteiger partial charge < -0.3 is 15.0 Å². The van der Waals surface area contributed by atoms with Crippen LogP contribution in [0.5, 0.6) is 5.75 Å². The van der Waals surface area contributed by atoms with E-state index in [-0.39, 0.29) is 22.5 Å². The number of hydrogen-bond acceptors (Lipinski definition) is 7. The van der Waals surface area contributed by atoms with E-state index in [0.29, 0.717) is 49.2 Å². The van der Waals surface area contributed by atoms with Crippen LogP contribution in [0, 0.1) is 5.41 Å². The normalized spacial score (nSPS) is 16.9. The fourth-order valence-corrected chi connectivity index (χ4v) is 6.52. The Balaban J connectivity index is 1.28. The molecule has 0 radical (unpaired) electrons. The molecule has 1 aliphatic carbocycles. The van der Waals surface area contributed by atoms with Crippen molar-refractivity contribution in [1.29, 1.82) is 0 Å². The van der Waals surface area contributed by atoms with Crippen LogP contribution in [0.15, 0.2) is 59.5 Å². The Hall–Kier alpha value is -3.08. The molecule has 1 aromatic heterocycles. The van der Waals surface area contributed by atoms with Gasteiger partial charge in [0.2, 0.25) is 15.8 Å². The summed E-state index contributed by atoms with van der Waals surface area (Å²) in [5, 5.41) is 8.28. The molecule has 1 aliphatic heterocycles. The van der Waals surface area contributed by atoms with Gasteiger partial charge in [-0.3, -0.25) is 4.79 Å². The number of unbranched alkanes of at least 4 members (excludes halogenated alkanes) is 1. The van der Waals surface area contributed by atoms with E-state index in [9.17, 15) is 13.2 Å². The highest BCUT2D eigenvalue weighted by molar-refractivity contribution is 7.88. The zero-order chi connectivity index (χ0) is 29.0. The SMILES string of the molecule is CCCCNc1ccc(CS(=O)(=O)N2CCN(c3cnn(-c4cccc(Cl)c4)c(=O)c3OCC3(C)CC3)CC2)cc1. The van der Waals surface area contributed by atoms with Gasteiger partial charge in [0.25, 0.3) is 0 Å². The zero-order valence-electron chi connectivity index (χ0n) is 23.7. The molecule has 5 rings (SSSR count). The Kier molecular flexibility index (Phi) is 8.91. The Bertz CT molecular complexity index is 1510. The minimum atomic E-state index is -3.50. The van der Waals surface area contributed by atoms with Crippen molar-refractivity contribution in [1.82, 2.24) is 14.1 Å². The quantitative estimate of drug-likeness (QED) is 0.295. The number of piperazine rings is 1. The van der Waals surface area contributed by atoms with Crippen molar-refractivity contribution in [2.24, 2.45) is 5.41 Å². The molecule has 41 heavy (non-hydrogen) atoms. The molecule has 1 saturated heterocycles. The van der Waals surface area contributed by atoms with Gasteiger partial charge in [-0.1, -0.05) is 50.1 Å². The van der Waals surface area contributed by atoms with Gasteiger partial charge in [0, 0.05) is 48.8 Å². The molecule has 1 saturated carbocycles. The van der Waals surface area contributed by atoms with Crippen LogP contribution in [-0.4, -0.2) is 61.8 Å². The molecule has 3 aromatic rings. The van der Waals surface area contributed by atoms with Gasteiger partial charge in [-0.15, -0.1) is 0 Å². The molecule has 0 spiro atoms. The summed E-state index contributed by atoms with van der Waals surface area (Å²) in [6.07, 6.45) is 5.96. The second-order valence-electron chi connectivity index (χ2n) is 11.3. The van der Waals surface area contributed by atoms with Gasteiger partial charge in [-0.2, -0.15) is 14.1 Å². The summed E-state index contributed by atoms with van der Waals surface area (Å²) in [5.41, 5.74) is 2.60. The van der Waals surface area contributed by atoms with Crippen molar-refractivity contribution in [3.8, 4) is 11.4 Å². The first-order chi connectivity index (χ1) is 19.7. The van der Waals surface area contributed by atoms with Crippen molar-refractivity contribution >= 4 is 33.0 Å². The van der Waals surface area contributed by atoms with Gasteiger partial charge in [0.05, 0.1) is 24.2 Å². The van der Waals surface area contributed by atoms with E-state index >= 15 is 0 Å². The molecule has 0 unspecified atom stereocenters. The Labute approximate surface area is 247 Å². The molecule has 220 valence electrons. The minimum Gasteiger partial charge on any atom is -0.486 e. The number of anilines is 2. The van der Waals surface area contributed by atoms with E-state index in [1.165, 1.54) is 8.99 Å². The van der Waals surface area contributed by atoms with Crippen LogP contribution >= 0.6 is 11.6 Å². The lowest BCUT2D eigenvalue weighted by Gasteiger charge is -2.35. The third-order valence-electron chi connectivity index (χ3n) is 7.77. The van der Waals surface area contributed by atoms with E-state index < -0.39 is 10.0 Å². The van der Waals surface area contributed by atoms with Crippen molar-refractivity contribution in [2.75, 3.05) is 49.5 Å². The minimum absolute atomic E-state index is 0.0492. The third-order valence-corrected chi connectivity index (χ3v) is 9.86. The van der Waals surface area contributed by atoms with Gasteiger partial charge in [-0.25, -0.2) is 8.42 Å². The molecule has 11 heteroatoms. The summed E-state index contributed by atoms with van der Waals surface area (Å²) in [5.74, 6) is 0.184. The number of ether oxygens (including phenoxy) is 1.